The largest absolute Gasteiger partial charge is 0.497 e. The molecule has 0 saturated carbocycles. The van der Waals surface area contributed by atoms with Crippen LogP contribution in [0.5, 0.6) is 23.0 Å². The lowest BCUT2D eigenvalue weighted by Gasteiger charge is -2.34. The van der Waals surface area contributed by atoms with Crippen molar-refractivity contribution in [2.75, 3.05) is 39.3 Å². The normalized spacial score (nSPS) is 11.8. The van der Waals surface area contributed by atoms with E-state index in [-0.39, 0.29) is 41.1 Å². The Bertz CT molecular complexity index is 1890. The van der Waals surface area contributed by atoms with Gasteiger partial charge in [0.25, 0.3) is 10.0 Å². The molecule has 4 aromatic rings. The summed E-state index contributed by atoms with van der Waals surface area (Å²) in [5, 5.41) is 3.32. The van der Waals surface area contributed by atoms with Crippen molar-refractivity contribution in [1.82, 2.24) is 10.2 Å². The van der Waals surface area contributed by atoms with Gasteiger partial charge in [-0.05, 0) is 55.3 Å². The van der Waals surface area contributed by atoms with E-state index in [1.165, 1.54) is 57.6 Å². The molecule has 0 unspecified atom stereocenters. The average Bonchev–Trinajstić information content (AvgIpc) is 3.12. The van der Waals surface area contributed by atoms with Gasteiger partial charge in [-0.3, -0.25) is 13.9 Å². The van der Waals surface area contributed by atoms with Crippen LogP contribution in [0.3, 0.4) is 0 Å². The Kier molecular flexibility index (Phi) is 13.0. The van der Waals surface area contributed by atoms with Crippen molar-refractivity contribution in [3.63, 3.8) is 0 Å². The van der Waals surface area contributed by atoms with Crippen molar-refractivity contribution >= 4 is 39.1 Å². The molecule has 4 aromatic carbocycles. The molecular weight excluding hydrogens is 682 g/mol. The van der Waals surface area contributed by atoms with E-state index in [9.17, 15) is 18.0 Å². The van der Waals surface area contributed by atoms with E-state index in [1.807, 2.05) is 44.2 Å². The van der Waals surface area contributed by atoms with Crippen molar-refractivity contribution in [3.05, 3.63) is 107 Å². The summed E-state index contributed by atoms with van der Waals surface area (Å²) in [6.07, 6.45) is 0.153. The molecule has 0 aliphatic rings. The van der Waals surface area contributed by atoms with E-state index in [1.54, 1.807) is 36.4 Å². The number of halogens is 1. The van der Waals surface area contributed by atoms with Crippen molar-refractivity contribution in [1.29, 1.82) is 0 Å². The summed E-state index contributed by atoms with van der Waals surface area (Å²) in [6, 6.07) is 23.7. The molecule has 1 N–H and O–H groups in total. The average molecular weight is 724 g/mol. The predicted octanol–water partition coefficient (Wildman–Crippen LogP) is 5.73. The summed E-state index contributed by atoms with van der Waals surface area (Å²) in [7, 11) is 1.15. The summed E-state index contributed by atoms with van der Waals surface area (Å²) >= 11 is 6.58. The number of anilines is 1. The third kappa shape index (κ3) is 8.99. The van der Waals surface area contributed by atoms with E-state index in [2.05, 4.69) is 5.32 Å². The highest BCUT2D eigenvalue weighted by atomic mass is 35.5. The van der Waals surface area contributed by atoms with Crippen LogP contribution in [0.25, 0.3) is 0 Å². The van der Waals surface area contributed by atoms with E-state index < -0.39 is 34.4 Å². The van der Waals surface area contributed by atoms with Crippen LogP contribution in [-0.4, -0.2) is 72.2 Å². The van der Waals surface area contributed by atoms with E-state index in [0.717, 1.165) is 9.87 Å². The third-order valence-electron chi connectivity index (χ3n) is 7.88. The molecule has 13 heteroatoms. The Morgan fingerprint density at radius 1 is 0.780 bits per heavy atom. The van der Waals surface area contributed by atoms with Crippen LogP contribution in [0.4, 0.5) is 5.69 Å². The standard InChI is InChI=1S/C37H42ClN3O8S/c1-25(2)39-37(43)32(20-26-12-8-7-9-13-26)40(23-27-14-10-11-15-30(27)38)36(42)24-41(31-21-28(46-3)16-18-33(31)47-4)50(44,45)29-17-19-34(48-5)35(22-29)49-6/h7-19,21-22,25,32H,20,23-24H2,1-6H3,(H,39,43)/t32-/m0/s1. The molecule has 0 aliphatic carbocycles. The van der Waals surface area contributed by atoms with Gasteiger partial charge < -0.3 is 29.2 Å². The number of hydrogen-bond acceptors (Lipinski definition) is 8. The zero-order valence-electron chi connectivity index (χ0n) is 28.9. The first-order valence-corrected chi connectivity index (χ1v) is 17.6. The van der Waals surface area contributed by atoms with Crippen molar-refractivity contribution in [3.8, 4) is 23.0 Å². The number of carbonyl (C=O) groups is 2. The number of nitrogens with one attached hydrogen (secondary N) is 1. The quantitative estimate of drug-likeness (QED) is 0.156. The van der Waals surface area contributed by atoms with Crippen LogP contribution < -0.4 is 28.6 Å². The summed E-state index contributed by atoms with van der Waals surface area (Å²) in [5.74, 6) is -0.0909. The maximum absolute atomic E-state index is 14.8. The molecule has 0 fully saturated rings. The number of hydrogen-bond donors (Lipinski definition) is 1. The van der Waals surface area contributed by atoms with Gasteiger partial charge in [0, 0.05) is 36.2 Å². The molecular formula is C37H42ClN3O8S. The van der Waals surface area contributed by atoms with Gasteiger partial charge in [-0.25, -0.2) is 8.42 Å². The van der Waals surface area contributed by atoms with Gasteiger partial charge >= 0.3 is 0 Å². The molecule has 4 rings (SSSR count). The Morgan fingerprint density at radius 3 is 2.04 bits per heavy atom. The lowest BCUT2D eigenvalue weighted by molar-refractivity contribution is -0.140. The van der Waals surface area contributed by atoms with Crippen LogP contribution in [0.1, 0.15) is 25.0 Å². The number of methoxy groups -OCH3 is 4. The predicted molar refractivity (Wildman–Crippen MR) is 193 cm³/mol. The second-order valence-corrected chi connectivity index (χ2v) is 13.8. The Labute approximate surface area is 298 Å². The highest BCUT2D eigenvalue weighted by Gasteiger charge is 2.36. The summed E-state index contributed by atoms with van der Waals surface area (Å²) in [6.45, 7) is 2.85. The van der Waals surface area contributed by atoms with Crippen LogP contribution in [0.2, 0.25) is 5.02 Å². The minimum Gasteiger partial charge on any atom is -0.497 e. The maximum atomic E-state index is 14.8. The molecule has 0 aliphatic heterocycles. The first kappa shape index (κ1) is 37.9. The zero-order valence-corrected chi connectivity index (χ0v) is 30.5. The van der Waals surface area contributed by atoms with E-state index >= 15 is 0 Å². The molecule has 0 heterocycles. The summed E-state index contributed by atoms with van der Waals surface area (Å²) in [5.41, 5.74) is 1.42. The summed E-state index contributed by atoms with van der Waals surface area (Å²) < 4.78 is 52.0. The number of nitrogens with zero attached hydrogens (tertiary/aromatic N) is 2. The van der Waals surface area contributed by atoms with Crippen LogP contribution in [-0.2, 0) is 32.6 Å². The minimum atomic E-state index is -4.51. The zero-order chi connectivity index (χ0) is 36.4. The number of amides is 2. The van der Waals surface area contributed by atoms with Gasteiger partial charge in [-0.15, -0.1) is 0 Å². The topological polar surface area (TPSA) is 124 Å². The number of sulfonamides is 1. The van der Waals surface area contributed by atoms with Gasteiger partial charge in [0.05, 0.1) is 39.0 Å². The first-order valence-electron chi connectivity index (χ1n) is 15.8. The molecule has 266 valence electrons. The Balaban J connectivity index is 1.91. The summed E-state index contributed by atoms with van der Waals surface area (Å²) in [4.78, 5) is 29.9. The number of carbonyl (C=O) groups excluding carboxylic acids is 2. The van der Waals surface area contributed by atoms with Crippen molar-refractivity contribution in [2.45, 2.75) is 43.8 Å². The monoisotopic (exact) mass is 723 g/mol. The number of ether oxygens (including phenoxy) is 4. The lowest BCUT2D eigenvalue weighted by Crippen LogP contribution is -2.54. The van der Waals surface area contributed by atoms with Gasteiger partial charge in [-0.1, -0.05) is 60.1 Å². The molecule has 11 nitrogen and oxygen atoms in total. The Hall–Kier alpha value is -4.94. The van der Waals surface area contributed by atoms with Gasteiger partial charge in [0.1, 0.15) is 24.1 Å². The molecule has 0 spiro atoms. The fourth-order valence-electron chi connectivity index (χ4n) is 5.35. The minimum absolute atomic E-state index is 0.0407. The van der Waals surface area contributed by atoms with Crippen LogP contribution in [0.15, 0.2) is 95.9 Å². The van der Waals surface area contributed by atoms with E-state index in [4.69, 9.17) is 30.5 Å². The third-order valence-corrected chi connectivity index (χ3v) is 10.0. The number of benzene rings is 4. The first-order chi connectivity index (χ1) is 23.9. The molecule has 0 saturated heterocycles. The molecule has 50 heavy (non-hydrogen) atoms. The molecule has 0 radical (unpaired) electrons. The van der Waals surface area contributed by atoms with Gasteiger partial charge in [-0.2, -0.15) is 0 Å². The lowest BCUT2D eigenvalue weighted by atomic mass is 10.0. The molecule has 1 atom stereocenters. The smallest absolute Gasteiger partial charge is 0.265 e. The van der Waals surface area contributed by atoms with Crippen LogP contribution >= 0.6 is 11.6 Å². The molecule has 0 bridgehead atoms. The highest BCUT2D eigenvalue weighted by molar-refractivity contribution is 7.92. The number of rotatable bonds is 16. The SMILES string of the molecule is COc1ccc(OC)c(N(CC(=O)N(Cc2ccccc2Cl)[C@@H](Cc2ccccc2)C(=O)NC(C)C)S(=O)(=O)c2ccc(OC)c(OC)c2)c1. The van der Waals surface area contributed by atoms with Crippen molar-refractivity contribution in [2.24, 2.45) is 0 Å². The molecule has 2 amide bonds. The second-order valence-electron chi connectivity index (χ2n) is 11.5. The fourth-order valence-corrected chi connectivity index (χ4v) is 6.98. The van der Waals surface area contributed by atoms with Gasteiger partial charge in [0.2, 0.25) is 11.8 Å². The van der Waals surface area contributed by atoms with Crippen LogP contribution in [0, 0.1) is 0 Å². The Morgan fingerprint density at radius 2 is 1.42 bits per heavy atom. The fraction of sp³-hybridized carbons (Fsp3) is 0.297. The van der Waals surface area contributed by atoms with Gasteiger partial charge in [0.15, 0.2) is 11.5 Å². The second kappa shape index (κ2) is 17.1. The molecule has 0 aromatic heterocycles. The van der Waals surface area contributed by atoms with Crippen molar-refractivity contribution < 1.29 is 37.0 Å². The van der Waals surface area contributed by atoms with E-state index in [0.29, 0.717) is 22.1 Å². The highest BCUT2D eigenvalue weighted by Crippen LogP contribution is 2.38. The maximum Gasteiger partial charge on any atom is 0.265 e.